The first-order valence-corrected chi connectivity index (χ1v) is 15.4. The summed E-state index contributed by atoms with van der Waals surface area (Å²) in [6.07, 6.45) is 6.55. The lowest BCUT2D eigenvalue weighted by Gasteiger charge is -2.36. The highest BCUT2D eigenvalue weighted by Crippen LogP contribution is 2.31. The van der Waals surface area contributed by atoms with Gasteiger partial charge in [-0.05, 0) is 60.4 Å². The van der Waals surface area contributed by atoms with Gasteiger partial charge < -0.3 is 19.7 Å². The monoisotopic (exact) mass is 598 g/mol. The molecule has 1 N–H and O–H groups in total. The number of carbonyl (C=O) groups excluding carboxylic acids is 2. The lowest BCUT2D eigenvalue weighted by Crippen LogP contribution is -2.48. The van der Waals surface area contributed by atoms with Gasteiger partial charge in [0.1, 0.15) is 0 Å². The summed E-state index contributed by atoms with van der Waals surface area (Å²) in [6.45, 7) is 3.35. The van der Waals surface area contributed by atoms with Crippen molar-refractivity contribution in [1.82, 2.24) is 19.8 Å². The summed E-state index contributed by atoms with van der Waals surface area (Å²) in [6, 6.07) is 21.2. The SMILES string of the molecule is N#Cc1ccc(Cn2cncc2C(NC(=O)C2CCC2)c2ccc(N3CCN(C(=O)c4ccc(Cl)s4)CC3)cc2)cc1. The molecule has 0 spiro atoms. The summed E-state index contributed by atoms with van der Waals surface area (Å²) in [5.74, 6) is 0.171. The van der Waals surface area contributed by atoms with E-state index in [2.05, 4.69) is 50.1 Å². The van der Waals surface area contributed by atoms with Crippen molar-refractivity contribution in [2.45, 2.75) is 31.8 Å². The first kappa shape index (κ1) is 28.0. The fourth-order valence-corrected chi connectivity index (χ4v) is 6.48. The molecule has 1 atom stereocenters. The second kappa shape index (κ2) is 12.4. The number of piperazine rings is 1. The summed E-state index contributed by atoms with van der Waals surface area (Å²) in [5, 5.41) is 12.4. The van der Waals surface area contributed by atoms with E-state index in [0.717, 1.165) is 54.9 Å². The van der Waals surface area contributed by atoms with Gasteiger partial charge in [0.25, 0.3) is 5.91 Å². The number of carbonyl (C=O) groups is 2. The predicted molar refractivity (Wildman–Crippen MR) is 164 cm³/mol. The molecule has 8 nitrogen and oxygen atoms in total. The van der Waals surface area contributed by atoms with Gasteiger partial charge >= 0.3 is 0 Å². The lowest BCUT2D eigenvalue weighted by atomic mass is 9.84. The standard InChI is InChI=1S/C32H31ClN6O2S/c33-29-13-12-28(42-29)32(41)38-16-14-37(15-17-38)26-10-8-24(9-11-26)30(36-31(40)25-2-1-3-25)27-19-35-21-39(27)20-23-6-4-22(18-34)5-7-23/h4-13,19,21,25,30H,1-3,14-17,20H2,(H,36,40). The summed E-state index contributed by atoms with van der Waals surface area (Å²) in [7, 11) is 0. The molecule has 1 saturated carbocycles. The van der Waals surface area contributed by atoms with Gasteiger partial charge in [-0.15, -0.1) is 11.3 Å². The number of imidazole rings is 1. The molecular weight excluding hydrogens is 568 g/mol. The van der Waals surface area contributed by atoms with E-state index in [1.807, 2.05) is 35.4 Å². The van der Waals surface area contributed by atoms with Gasteiger partial charge in [-0.25, -0.2) is 4.98 Å². The van der Waals surface area contributed by atoms with Crippen molar-refractivity contribution in [3.05, 3.63) is 105 Å². The number of anilines is 1. The Bertz CT molecular complexity index is 1590. The molecule has 1 aliphatic heterocycles. The number of nitrogens with zero attached hydrogens (tertiary/aromatic N) is 5. The summed E-state index contributed by atoms with van der Waals surface area (Å²) < 4.78 is 2.68. The first-order valence-electron chi connectivity index (χ1n) is 14.2. The molecule has 0 bridgehead atoms. The maximum atomic E-state index is 13.1. The first-order chi connectivity index (χ1) is 20.5. The van der Waals surface area contributed by atoms with Crippen LogP contribution in [-0.2, 0) is 11.3 Å². The van der Waals surface area contributed by atoms with Gasteiger partial charge in [-0.3, -0.25) is 9.59 Å². The van der Waals surface area contributed by atoms with Crippen LogP contribution in [-0.4, -0.2) is 52.4 Å². The van der Waals surface area contributed by atoms with Gasteiger partial charge in [-0.1, -0.05) is 42.3 Å². The van der Waals surface area contributed by atoms with Gasteiger partial charge in [0.15, 0.2) is 0 Å². The number of aromatic nitrogens is 2. The molecule has 2 aromatic heterocycles. The van der Waals surface area contributed by atoms with Crippen molar-refractivity contribution in [2.75, 3.05) is 31.1 Å². The number of thiophene rings is 1. The number of nitriles is 1. The number of hydrogen-bond acceptors (Lipinski definition) is 6. The molecule has 10 heteroatoms. The second-order valence-electron chi connectivity index (χ2n) is 10.8. The Hall–Kier alpha value is -4.13. The van der Waals surface area contributed by atoms with E-state index in [-0.39, 0.29) is 23.8 Å². The Labute approximate surface area is 254 Å². The lowest BCUT2D eigenvalue weighted by molar-refractivity contribution is -0.127. The number of hydrogen-bond donors (Lipinski definition) is 1. The second-order valence-corrected chi connectivity index (χ2v) is 12.5. The van der Waals surface area contributed by atoms with Crippen molar-refractivity contribution in [3.63, 3.8) is 0 Å². The zero-order chi connectivity index (χ0) is 29.1. The van der Waals surface area contributed by atoms with E-state index in [1.54, 1.807) is 18.5 Å². The minimum absolute atomic E-state index is 0.0320. The molecule has 3 heterocycles. The largest absolute Gasteiger partial charge is 0.368 e. The van der Waals surface area contributed by atoms with E-state index in [1.165, 1.54) is 11.3 Å². The Kier molecular flexibility index (Phi) is 8.27. The van der Waals surface area contributed by atoms with Crippen LogP contribution in [0.25, 0.3) is 0 Å². The molecule has 1 unspecified atom stereocenters. The Morgan fingerprint density at radius 1 is 1.02 bits per heavy atom. The van der Waals surface area contributed by atoms with Gasteiger partial charge in [0, 0.05) is 44.3 Å². The van der Waals surface area contributed by atoms with Crippen LogP contribution in [0.1, 0.15) is 57.4 Å². The number of nitrogens with one attached hydrogen (secondary N) is 1. The predicted octanol–water partition coefficient (Wildman–Crippen LogP) is 5.49. The summed E-state index contributed by atoms with van der Waals surface area (Å²) in [4.78, 5) is 35.2. The third-order valence-corrected chi connectivity index (χ3v) is 9.40. The molecule has 4 aromatic rings. The number of rotatable bonds is 8. The minimum atomic E-state index is -0.347. The van der Waals surface area contributed by atoms with Crippen LogP contribution >= 0.6 is 22.9 Å². The van der Waals surface area contributed by atoms with E-state index in [4.69, 9.17) is 16.9 Å². The molecule has 214 valence electrons. The van der Waals surface area contributed by atoms with E-state index in [0.29, 0.717) is 34.4 Å². The van der Waals surface area contributed by atoms with Crippen LogP contribution in [0.15, 0.2) is 73.2 Å². The maximum absolute atomic E-state index is 13.1. The molecule has 1 saturated heterocycles. The third kappa shape index (κ3) is 6.06. The Morgan fingerprint density at radius 2 is 1.76 bits per heavy atom. The van der Waals surface area contributed by atoms with Crippen molar-refractivity contribution in [3.8, 4) is 6.07 Å². The average molecular weight is 599 g/mol. The van der Waals surface area contributed by atoms with Crippen molar-refractivity contribution in [1.29, 1.82) is 5.26 Å². The van der Waals surface area contributed by atoms with Crippen LogP contribution in [0.3, 0.4) is 0 Å². The number of amides is 2. The topological polar surface area (TPSA) is 94.3 Å². The van der Waals surface area contributed by atoms with Gasteiger partial charge in [0.2, 0.25) is 5.91 Å². The molecule has 2 aromatic carbocycles. The van der Waals surface area contributed by atoms with Crippen LogP contribution in [0.2, 0.25) is 4.34 Å². The molecular formula is C32H31ClN6O2S. The van der Waals surface area contributed by atoms with Crippen molar-refractivity contribution >= 4 is 40.4 Å². The van der Waals surface area contributed by atoms with Crippen LogP contribution in [0.5, 0.6) is 0 Å². The van der Waals surface area contributed by atoms with Crippen molar-refractivity contribution < 1.29 is 9.59 Å². The quantitative estimate of drug-likeness (QED) is 0.290. The van der Waals surface area contributed by atoms with Crippen LogP contribution in [0, 0.1) is 17.2 Å². The molecule has 2 aliphatic rings. The minimum Gasteiger partial charge on any atom is -0.368 e. The highest BCUT2D eigenvalue weighted by molar-refractivity contribution is 7.17. The fourth-order valence-electron chi connectivity index (χ4n) is 5.47. The molecule has 2 amide bonds. The average Bonchev–Trinajstić information content (AvgIpc) is 3.64. The highest BCUT2D eigenvalue weighted by Gasteiger charge is 2.29. The van der Waals surface area contributed by atoms with Gasteiger partial charge in [-0.2, -0.15) is 5.26 Å². The van der Waals surface area contributed by atoms with Crippen LogP contribution in [0.4, 0.5) is 5.69 Å². The number of halogens is 1. The fraction of sp³-hybridized carbons (Fsp3) is 0.312. The maximum Gasteiger partial charge on any atom is 0.264 e. The zero-order valence-corrected chi connectivity index (χ0v) is 24.7. The Morgan fingerprint density at radius 3 is 2.38 bits per heavy atom. The van der Waals surface area contributed by atoms with E-state index in [9.17, 15) is 9.59 Å². The number of benzene rings is 2. The molecule has 42 heavy (non-hydrogen) atoms. The molecule has 0 radical (unpaired) electrons. The smallest absolute Gasteiger partial charge is 0.264 e. The van der Waals surface area contributed by atoms with E-state index < -0.39 is 0 Å². The normalized spacial score (nSPS) is 16.0. The van der Waals surface area contributed by atoms with Crippen LogP contribution < -0.4 is 10.2 Å². The third-order valence-electron chi connectivity index (χ3n) is 8.18. The molecule has 2 fully saturated rings. The Balaban J connectivity index is 1.18. The molecule has 1 aliphatic carbocycles. The molecule has 6 rings (SSSR count). The van der Waals surface area contributed by atoms with Gasteiger partial charge in [0.05, 0.1) is 45.1 Å². The van der Waals surface area contributed by atoms with Crippen molar-refractivity contribution in [2.24, 2.45) is 5.92 Å². The zero-order valence-electron chi connectivity index (χ0n) is 23.1. The summed E-state index contributed by atoms with van der Waals surface area (Å²) >= 11 is 7.34. The highest BCUT2D eigenvalue weighted by atomic mass is 35.5. The van der Waals surface area contributed by atoms with E-state index >= 15 is 0 Å². The summed E-state index contributed by atoms with van der Waals surface area (Å²) in [5.41, 5.74) is 4.64.